The standard InChI is InChI=1S/C20H23N5O/c1-4-24-18(17-14(2)9-8-10-15(17)3)22-19(23-20(24)26)25(21)13-16-11-6-5-7-12-16/h5-12H,4,13,21H2,1-3H3. The van der Waals surface area contributed by atoms with E-state index in [4.69, 9.17) is 5.84 Å². The van der Waals surface area contributed by atoms with Gasteiger partial charge in [-0.05, 0) is 37.5 Å². The van der Waals surface area contributed by atoms with Crippen molar-refractivity contribution < 1.29 is 0 Å². The van der Waals surface area contributed by atoms with Gasteiger partial charge in [-0.1, -0.05) is 48.5 Å². The fraction of sp³-hybridized carbons (Fsp3) is 0.250. The van der Waals surface area contributed by atoms with Gasteiger partial charge < -0.3 is 0 Å². The smallest absolute Gasteiger partial charge is 0.276 e. The molecule has 0 unspecified atom stereocenters. The number of benzene rings is 2. The van der Waals surface area contributed by atoms with Crippen LogP contribution in [0.4, 0.5) is 5.95 Å². The lowest BCUT2D eigenvalue weighted by Gasteiger charge is -2.20. The zero-order chi connectivity index (χ0) is 18.7. The van der Waals surface area contributed by atoms with E-state index in [-0.39, 0.29) is 11.6 Å². The molecule has 1 aromatic heterocycles. The van der Waals surface area contributed by atoms with Gasteiger partial charge in [-0.25, -0.2) is 10.6 Å². The van der Waals surface area contributed by atoms with Gasteiger partial charge in [-0.15, -0.1) is 0 Å². The third-order valence-corrected chi connectivity index (χ3v) is 4.36. The van der Waals surface area contributed by atoms with Crippen molar-refractivity contribution in [3.05, 3.63) is 75.7 Å². The molecule has 0 bridgehead atoms. The fourth-order valence-corrected chi connectivity index (χ4v) is 3.04. The first kappa shape index (κ1) is 17.8. The summed E-state index contributed by atoms with van der Waals surface area (Å²) in [5, 5.41) is 1.41. The lowest BCUT2D eigenvalue weighted by Crippen LogP contribution is -2.36. The molecule has 2 N–H and O–H groups in total. The molecule has 0 radical (unpaired) electrons. The summed E-state index contributed by atoms with van der Waals surface area (Å²) < 4.78 is 1.58. The van der Waals surface area contributed by atoms with E-state index in [2.05, 4.69) is 9.97 Å². The van der Waals surface area contributed by atoms with Gasteiger partial charge in [0.05, 0.1) is 6.54 Å². The van der Waals surface area contributed by atoms with Crippen LogP contribution in [0.25, 0.3) is 11.4 Å². The summed E-state index contributed by atoms with van der Waals surface area (Å²) >= 11 is 0. The number of hydrogen-bond donors (Lipinski definition) is 1. The van der Waals surface area contributed by atoms with Gasteiger partial charge in [0.1, 0.15) is 5.82 Å². The molecular weight excluding hydrogens is 326 g/mol. The van der Waals surface area contributed by atoms with E-state index in [0.29, 0.717) is 18.9 Å². The molecule has 6 heteroatoms. The third kappa shape index (κ3) is 3.50. The van der Waals surface area contributed by atoms with Crippen LogP contribution in [0.1, 0.15) is 23.6 Å². The summed E-state index contributed by atoms with van der Waals surface area (Å²) in [6.45, 7) is 6.84. The summed E-state index contributed by atoms with van der Waals surface area (Å²) in [5.74, 6) is 6.99. The highest BCUT2D eigenvalue weighted by Crippen LogP contribution is 2.25. The average Bonchev–Trinajstić information content (AvgIpc) is 2.62. The predicted molar refractivity (Wildman–Crippen MR) is 104 cm³/mol. The monoisotopic (exact) mass is 349 g/mol. The number of nitrogens with zero attached hydrogens (tertiary/aromatic N) is 4. The van der Waals surface area contributed by atoms with Crippen LogP contribution in [0.3, 0.4) is 0 Å². The zero-order valence-corrected chi connectivity index (χ0v) is 15.3. The van der Waals surface area contributed by atoms with Crippen molar-refractivity contribution in [2.45, 2.75) is 33.9 Å². The maximum absolute atomic E-state index is 12.6. The molecule has 6 nitrogen and oxygen atoms in total. The van der Waals surface area contributed by atoms with Crippen LogP contribution in [0.5, 0.6) is 0 Å². The molecule has 1 heterocycles. The lowest BCUT2D eigenvalue weighted by atomic mass is 10.0. The normalized spacial score (nSPS) is 10.8. The van der Waals surface area contributed by atoms with Gasteiger partial charge in [-0.3, -0.25) is 9.58 Å². The van der Waals surface area contributed by atoms with Crippen molar-refractivity contribution in [3.8, 4) is 11.4 Å². The minimum Gasteiger partial charge on any atom is -0.276 e. The molecule has 0 fully saturated rings. The van der Waals surface area contributed by atoms with Crippen LogP contribution in [0, 0.1) is 13.8 Å². The van der Waals surface area contributed by atoms with Gasteiger partial charge in [0.25, 0.3) is 0 Å². The van der Waals surface area contributed by atoms with Crippen LogP contribution < -0.4 is 16.5 Å². The van der Waals surface area contributed by atoms with Gasteiger partial charge in [0, 0.05) is 12.1 Å². The molecule has 2 aromatic carbocycles. The number of hydrazine groups is 1. The number of nitrogens with two attached hydrogens (primary N) is 1. The molecule has 0 atom stereocenters. The molecule has 134 valence electrons. The summed E-state index contributed by atoms with van der Waals surface area (Å²) in [7, 11) is 0. The van der Waals surface area contributed by atoms with Crippen molar-refractivity contribution in [2.24, 2.45) is 5.84 Å². The molecule has 0 saturated heterocycles. The van der Waals surface area contributed by atoms with Crippen molar-refractivity contribution in [1.29, 1.82) is 0 Å². The first-order valence-electron chi connectivity index (χ1n) is 8.63. The lowest BCUT2D eigenvalue weighted by molar-refractivity contribution is 0.670. The maximum atomic E-state index is 12.6. The Balaban J connectivity index is 2.09. The van der Waals surface area contributed by atoms with Crippen LogP contribution in [0.15, 0.2) is 53.3 Å². The molecule has 0 amide bonds. The molecule has 0 aliphatic rings. The van der Waals surface area contributed by atoms with Crippen LogP contribution in [0.2, 0.25) is 0 Å². The first-order valence-corrected chi connectivity index (χ1v) is 8.63. The van der Waals surface area contributed by atoms with Crippen molar-refractivity contribution in [2.75, 3.05) is 5.01 Å². The van der Waals surface area contributed by atoms with Crippen LogP contribution in [-0.4, -0.2) is 14.5 Å². The van der Waals surface area contributed by atoms with E-state index in [1.54, 1.807) is 4.57 Å². The Morgan fingerprint density at radius 1 is 1.00 bits per heavy atom. The number of aryl methyl sites for hydroxylation is 2. The Morgan fingerprint density at radius 3 is 2.27 bits per heavy atom. The highest BCUT2D eigenvalue weighted by atomic mass is 16.1. The van der Waals surface area contributed by atoms with E-state index in [1.807, 2.05) is 69.3 Å². The Labute approximate surface area is 152 Å². The van der Waals surface area contributed by atoms with E-state index in [0.717, 1.165) is 22.3 Å². The quantitative estimate of drug-likeness (QED) is 0.566. The molecule has 0 aliphatic carbocycles. The Kier molecular flexibility index (Phi) is 5.14. The molecule has 26 heavy (non-hydrogen) atoms. The molecular formula is C20H23N5O. The van der Waals surface area contributed by atoms with E-state index in [9.17, 15) is 4.79 Å². The Bertz CT molecular complexity index is 945. The minimum absolute atomic E-state index is 0.223. The predicted octanol–water partition coefficient (Wildman–Crippen LogP) is 2.82. The molecule has 0 aliphatic heterocycles. The van der Waals surface area contributed by atoms with Gasteiger partial charge in [-0.2, -0.15) is 9.97 Å². The molecule has 0 spiro atoms. The molecule has 0 saturated carbocycles. The van der Waals surface area contributed by atoms with Crippen molar-refractivity contribution >= 4 is 5.95 Å². The van der Waals surface area contributed by atoms with Gasteiger partial charge >= 0.3 is 5.69 Å². The highest BCUT2D eigenvalue weighted by molar-refractivity contribution is 5.65. The summed E-state index contributed by atoms with van der Waals surface area (Å²) in [6.07, 6.45) is 0. The molecule has 3 rings (SSSR count). The summed E-state index contributed by atoms with van der Waals surface area (Å²) in [5.41, 5.74) is 3.74. The maximum Gasteiger partial charge on any atom is 0.352 e. The number of anilines is 1. The third-order valence-electron chi connectivity index (χ3n) is 4.36. The van der Waals surface area contributed by atoms with Crippen LogP contribution >= 0.6 is 0 Å². The van der Waals surface area contributed by atoms with E-state index < -0.39 is 0 Å². The topological polar surface area (TPSA) is 77.0 Å². The number of aromatic nitrogens is 3. The Hall–Kier alpha value is -2.99. The van der Waals surface area contributed by atoms with Crippen molar-refractivity contribution in [3.63, 3.8) is 0 Å². The van der Waals surface area contributed by atoms with E-state index in [1.165, 1.54) is 5.01 Å². The molecule has 3 aromatic rings. The second-order valence-corrected chi connectivity index (χ2v) is 6.25. The highest BCUT2D eigenvalue weighted by Gasteiger charge is 2.17. The number of hydrogen-bond acceptors (Lipinski definition) is 5. The average molecular weight is 349 g/mol. The van der Waals surface area contributed by atoms with Gasteiger partial charge in [0.15, 0.2) is 0 Å². The summed E-state index contributed by atoms with van der Waals surface area (Å²) in [6, 6.07) is 15.8. The largest absolute Gasteiger partial charge is 0.352 e. The van der Waals surface area contributed by atoms with Gasteiger partial charge in [0.2, 0.25) is 5.95 Å². The first-order chi connectivity index (χ1) is 12.5. The summed E-state index contributed by atoms with van der Waals surface area (Å²) in [4.78, 5) is 21.3. The van der Waals surface area contributed by atoms with Crippen molar-refractivity contribution in [1.82, 2.24) is 14.5 Å². The van der Waals surface area contributed by atoms with E-state index >= 15 is 0 Å². The SMILES string of the molecule is CCn1c(-c2c(C)cccc2C)nc(N(N)Cc2ccccc2)nc1=O. The minimum atomic E-state index is -0.348. The Morgan fingerprint density at radius 2 is 1.65 bits per heavy atom. The van der Waals surface area contributed by atoms with Crippen LogP contribution in [-0.2, 0) is 13.1 Å². The number of rotatable bonds is 5. The second kappa shape index (κ2) is 7.49. The second-order valence-electron chi connectivity index (χ2n) is 6.25. The fourth-order valence-electron chi connectivity index (χ4n) is 3.04. The zero-order valence-electron chi connectivity index (χ0n) is 15.3.